The van der Waals surface area contributed by atoms with Gasteiger partial charge in [-0.2, -0.15) is 0 Å². The molecule has 0 aliphatic heterocycles. The van der Waals surface area contributed by atoms with E-state index in [2.05, 4.69) is 58.7 Å². The maximum Gasteiger partial charge on any atom is 0.242 e. The summed E-state index contributed by atoms with van der Waals surface area (Å²) in [6.07, 6.45) is 5.77. The van der Waals surface area contributed by atoms with E-state index in [9.17, 15) is 4.79 Å². The minimum Gasteiger partial charge on any atom is -0.352 e. The second kappa shape index (κ2) is 11.3. The first kappa shape index (κ1) is 22.6. The number of amides is 1. The van der Waals surface area contributed by atoms with Gasteiger partial charge < -0.3 is 5.32 Å². The predicted octanol–water partition coefficient (Wildman–Crippen LogP) is 6.53. The Bertz CT molecular complexity index is 928. The average Bonchev–Trinajstić information content (AvgIpc) is 2.82. The molecule has 166 valence electrons. The van der Waals surface area contributed by atoms with Gasteiger partial charge >= 0.3 is 0 Å². The summed E-state index contributed by atoms with van der Waals surface area (Å²) in [6, 6.07) is 28.3. The number of nitrogens with zero attached hydrogens (tertiary/aromatic N) is 1. The predicted molar refractivity (Wildman–Crippen MR) is 131 cm³/mol. The quantitative estimate of drug-likeness (QED) is 0.426. The van der Waals surface area contributed by atoms with Gasteiger partial charge in [0.25, 0.3) is 0 Å². The topological polar surface area (TPSA) is 32.3 Å². The molecule has 0 aromatic heterocycles. The number of halogens is 1. The Morgan fingerprint density at radius 2 is 1.34 bits per heavy atom. The molecular weight excluding hydrogens is 416 g/mol. The van der Waals surface area contributed by atoms with E-state index >= 15 is 0 Å². The number of hydrogen-bond donors (Lipinski definition) is 1. The first-order chi connectivity index (χ1) is 15.7. The van der Waals surface area contributed by atoms with Gasteiger partial charge in [0.1, 0.15) is 6.04 Å². The SMILES string of the molecule is O=C(NC1CCCCC1)[C@@H](c1ccc(Cl)cc1)N(Cc1ccccc1)Cc1ccccc1. The molecule has 1 amide bonds. The summed E-state index contributed by atoms with van der Waals surface area (Å²) in [5.74, 6) is 0.0751. The molecule has 3 aromatic carbocycles. The van der Waals surface area contributed by atoms with E-state index in [0.29, 0.717) is 18.1 Å². The first-order valence-corrected chi connectivity index (χ1v) is 11.9. The monoisotopic (exact) mass is 446 g/mol. The van der Waals surface area contributed by atoms with Gasteiger partial charge in [-0.15, -0.1) is 0 Å². The molecule has 3 nitrogen and oxygen atoms in total. The highest BCUT2D eigenvalue weighted by Gasteiger charge is 2.30. The summed E-state index contributed by atoms with van der Waals surface area (Å²) >= 11 is 6.18. The standard InChI is InChI=1S/C28H31ClN2O/c29-25-18-16-24(17-19-25)27(28(32)30-26-14-8-3-9-15-26)31(20-22-10-4-1-5-11-22)21-23-12-6-2-7-13-23/h1-2,4-7,10-13,16-19,26-27H,3,8-9,14-15,20-21H2,(H,30,32)/t27-/m1/s1. The van der Waals surface area contributed by atoms with E-state index in [4.69, 9.17) is 11.6 Å². The van der Waals surface area contributed by atoms with Crippen LogP contribution in [0, 0.1) is 0 Å². The van der Waals surface area contributed by atoms with Crippen LogP contribution in [-0.2, 0) is 17.9 Å². The Morgan fingerprint density at radius 3 is 1.88 bits per heavy atom. The van der Waals surface area contributed by atoms with E-state index in [1.54, 1.807) is 0 Å². The maximum atomic E-state index is 13.7. The van der Waals surface area contributed by atoms with E-state index in [1.165, 1.54) is 30.4 Å². The summed E-state index contributed by atoms with van der Waals surface area (Å²) in [6.45, 7) is 1.36. The second-order valence-electron chi connectivity index (χ2n) is 8.67. The van der Waals surface area contributed by atoms with E-state index < -0.39 is 6.04 Å². The lowest BCUT2D eigenvalue weighted by molar-refractivity contribution is -0.128. The first-order valence-electron chi connectivity index (χ1n) is 11.6. The molecule has 1 fully saturated rings. The van der Waals surface area contributed by atoms with Crippen LogP contribution in [0.4, 0.5) is 0 Å². The molecule has 1 atom stereocenters. The van der Waals surface area contributed by atoms with Crippen molar-refractivity contribution in [1.82, 2.24) is 10.2 Å². The molecule has 0 unspecified atom stereocenters. The Hall–Kier alpha value is -2.62. The number of carbonyl (C=O) groups is 1. The molecule has 0 spiro atoms. The van der Waals surface area contributed by atoms with Crippen LogP contribution in [0.1, 0.15) is 54.8 Å². The van der Waals surface area contributed by atoms with E-state index in [-0.39, 0.29) is 11.9 Å². The van der Waals surface area contributed by atoms with Gasteiger partial charge in [0, 0.05) is 24.2 Å². The van der Waals surface area contributed by atoms with Gasteiger partial charge in [0.05, 0.1) is 0 Å². The highest BCUT2D eigenvalue weighted by Crippen LogP contribution is 2.28. The fraction of sp³-hybridized carbons (Fsp3) is 0.321. The highest BCUT2D eigenvalue weighted by atomic mass is 35.5. The van der Waals surface area contributed by atoms with Gasteiger partial charge in [-0.1, -0.05) is 104 Å². The third-order valence-corrected chi connectivity index (χ3v) is 6.46. The van der Waals surface area contributed by atoms with Crippen LogP contribution < -0.4 is 5.32 Å². The van der Waals surface area contributed by atoms with Crippen molar-refractivity contribution in [3.63, 3.8) is 0 Å². The zero-order chi connectivity index (χ0) is 22.2. The summed E-state index contributed by atoms with van der Waals surface area (Å²) in [7, 11) is 0. The molecule has 1 aliphatic carbocycles. The fourth-order valence-corrected chi connectivity index (χ4v) is 4.70. The van der Waals surface area contributed by atoms with Crippen molar-refractivity contribution < 1.29 is 4.79 Å². The molecule has 0 heterocycles. The summed E-state index contributed by atoms with van der Waals surface area (Å²) in [5, 5.41) is 4.05. The number of rotatable bonds is 8. The van der Waals surface area contributed by atoms with Crippen LogP contribution in [0.5, 0.6) is 0 Å². The molecule has 32 heavy (non-hydrogen) atoms. The Balaban J connectivity index is 1.66. The van der Waals surface area contributed by atoms with Gasteiger partial charge in [-0.3, -0.25) is 9.69 Å². The minimum atomic E-state index is -0.394. The second-order valence-corrected chi connectivity index (χ2v) is 9.11. The highest BCUT2D eigenvalue weighted by molar-refractivity contribution is 6.30. The lowest BCUT2D eigenvalue weighted by Gasteiger charge is -2.33. The van der Waals surface area contributed by atoms with Crippen molar-refractivity contribution in [2.24, 2.45) is 0 Å². The molecule has 1 aliphatic rings. The van der Waals surface area contributed by atoms with Crippen LogP contribution in [-0.4, -0.2) is 16.8 Å². The molecule has 1 N–H and O–H groups in total. The van der Waals surface area contributed by atoms with Crippen molar-refractivity contribution >= 4 is 17.5 Å². The number of benzene rings is 3. The molecule has 3 aromatic rings. The van der Waals surface area contributed by atoms with Crippen LogP contribution in [0.2, 0.25) is 5.02 Å². The number of hydrogen-bond acceptors (Lipinski definition) is 2. The van der Waals surface area contributed by atoms with Gasteiger partial charge in [0.15, 0.2) is 0 Å². The smallest absolute Gasteiger partial charge is 0.242 e. The normalized spacial score (nSPS) is 15.4. The molecule has 1 saturated carbocycles. The average molecular weight is 447 g/mol. The fourth-order valence-electron chi connectivity index (χ4n) is 4.57. The third kappa shape index (κ3) is 6.21. The Labute approximate surface area is 196 Å². The van der Waals surface area contributed by atoms with Crippen LogP contribution >= 0.6 is 11.6 Å². The summed E-state index contributed by atoms with van der Waals surface area (Å²) in [5.41, 5.74) is 3.34. The lowest BCUT2D eigenvalue weighted by Crippen LogP contribution is -2.44. The Morgan fingerprint density at radius 1 is 0.812 bits per heavy atom. The lowest BCUT2D eigenvalue weighted by atomic mass is 9.94. The van der Waals surface area contributed by atoms with E-state index in [0.717, 1.165) is 18.4 Å². The van der Waals surface area contributed by atoms with Gasteiger partial charge in [0.2, 0.25) is 5.91 Å². The molecule has 0 saturated heterocycles. The van der Waals surface area contributed by atoms with Gasteiger partial charge in [-0.05, 0) is 41.7 Å². The van der Waals surface area contributed by atoms with Crippen molar-refractivity contribution in [1.29, 1.82) is 0 Å². The van der Waals surface area contributed by atoms with Crippen molar-refractivity contribution in [3.05, 3.63) is 107 Å². The number of nitrogens with one attached hydrogen (secondary N) is 1. The van der Waals surface area contributed by atoms with E-state index in [1.807, 2.05) is 36.4 Å². The Kier molecular flexibility index (Phi) is 7.97. The molecule has 4 heteroatoms. The van der Waals surface area contributed by atoms with Crippen LogP contribution in [0.15, 0.2) is 84.9 Å². The largest absolute Gasteiger partial charge is 0.352 e. The summed E-state index contributed by atoms with van der Waals surface area (Å²) in [4.78, 5) is 16.0. The molecule has 4 rings (SSSR count). The molecule has 0 radical (unpaired) electrons. The van der Waals surface area contributed by atoms with Crippen molar-refractivity contribution in [3.8, 4) is 0 Å². The third-order valence-electron chi connectivity index (χ3n) is 6.21. The molecular formula is C28H31ClN2O. The summed E-state index contributed by atoms with van der Waals surface area (Å²) < 4.78 is 0. The molecule has 0 bridgehead atoms. The van der Waals surface area contributed by atoms with Crippen LogP contribution in [0.3, 0.4) is 0 Å². The van der Waals surface area contributed by atoms with Gasteiger partial charge in [-0.25, -0.2) is 0 Å². The maximum absolute atomic E-state index is 13.7. The zero-order valence-electron chi connectivity index (χ0n) is 18.4. The van der Waals surface area contributed by atoms with Crippen LogP contribution in [0.25, 0.3) is 0 Å². The van der Waals surface area contributed by atoms with Crippen molar-refractivity contribution in [2.75, 3.05) is 0 Å². The minimum absolute atomic E-state index is 0.0751. The zero-order valence-corrected chi connectivity index (χ0v) is 19.2. The van der Waals surface area contributed by atoms with Crippen molar-refractivity contribution in [2.45, 2.75) is 57.3 Å². The number of carbonyl (C=O) groups excluding carboxylic acids is 1.